The first-order valence-electron chi connectivity index (χ1n) is 6.34. The highest BCUT2D eigenvalue weighted by molar-refractivity contribution is 7.71. The van der Waals surface area contributed by atoms with Gasteiger partial charge in [0, 0.05) is 5.92 Å². The second kappa shape index (κ2) is 5.48. The third-order valence-corrected chi connectivity index (χ3v) is 3.39. The molecule has 0 unspecified atom stereocenters. The first-order valence-corrected chi connectivity index (χ1v) is 6.75. The molecule has 0 aliphatic carbocycles. The van der Waals surface area contributed by atoms with Crippen LogP contribution in [0.25, 0.3) is 0 Å². The molecule has 18 heavy (non-hydrogen) atoms. The summed E-state index contributed by atoms with van der Waals surface area (Å²) in [4.78, 5) is 0. The lowest BCUT2D eigenvalue weighted by molar-refractivity contribution is 0.664. The lowest BCUT2D eigenvalue weighted by atomic mass is 10.1. The van der Waals surface area contributed by atoms with Crippen LogP contribution in [0.5, 0.6) is 0 Å². The Labute approximate surface area is 113 Å². The van der Waals surface area contributed by atoms with E-state index >= 15 is 0 Å². The number of aryl methyl sites for hydroxylation is 1. The molecule has 0 saturated heterocycles. The van der Waals surface area contributed by atoms with Gasteiger partial charge in [0.1, 0.15) is 5.82 Å². The highest BCUT2D eigenvalue weighted by Crippen LogP contribution is 2.14. The van der Waals surface area contributed by atoms with Crippen LogP contribution in [-0.2, 0) is 13.0 Å². The van der Waals surface area contributed by atoms with Crippen LogP contribution in [0, 0.1) is 4.77 Å². The van der Waals surface area contributed by atoms with Gasteiger partial charge in [0.25, 0.3) is 0 Å². The van der Waals surface area contributed by atoms with Crippen LogP contribution < -0.4 is 0 Å². The van der Waals surface area contributed by atoms with Gasteiger partial charge in [-0.15, -0.1) is 0 Å². The summed E-state index contributed by atoms with van der Waals surface area (Å²) in [6.45, 7) is 7.20. The highest BCUT2D eigenvalue weighted by Gasteiger charge is 2.10. The molecule has 1 aromatic heterocycles. The fraction of sp³-hybridized carbons (Fsp3) is 0.429. The molecule has 96 valence electrons. The Balaban J connectivity index is 2.27. The van der Waals surface area contributed by atoms with Gasteiger partial charge < -0.3 is 0 Å². The molecule has 0 aliphatic heterocycles. The summed E-state index contributed by atoms with van der Waals surface area (Å²) in [6.07, 6.45) is 1.07. The van der Waals surface area contributed by atoms with Gasteiger partial charge in [0.15, 0.2) is 4.77 Å². The van der Waals surface area contributed by atoms with Crippen molar-refractivity contribution in [2.24, 2.45) is 0 Å². The number of rotatable bonds is 4. The van der Waals surface area contributed by atoms with Crippen molar-refractivity contribution in [1.82, 2.24) is 14.8 Å². The summed E-state index contributed by atoms with van der Waals surface area (Å²) in [7, 11) is 0. The highest BCUT2D eigenvalue weighted by atomic mass is 32.1. The Morgan fingerprint density at radius 2 is 1.83 bits per heavy atom. The molecule has 0 amide bonds. The van der Waals surface area contributed by atoms with Crippen LogP contribution in [0.1, 0.15) is 43.6 Å². The SMILES string of the molecule is CCc1ccc(Cn2c(C(C)C)n[nH]c2=S)cc1. The van der Waals surface area contributed by atoms with Gasteiger partial charge in [-0.3, -0.25) is 9.67 Å². The van der Waals surface area contributed by atoms with E-state index in [2.05, 4.69) is 59.8 Å². The normalized spacial score (nSPS) is 11.1. The van der Waals surface area contributed by atoms with Gasteiger partial charge in [-0.1, -0.05) is 45.0 Å². The zero-order chi connectivity index (χ0) is 13.1. The maximum Gasteiger partial charge on any atom is 0.195 e. The first-order chi connectivity index (χ1) is 8.61. The maximum atomic E-state index is 5.28. The summed E-state index contributed by atoms with van der Waals surface area (Å²) in [6, 6.07) is 8.68. The van der Waals surface area contributed by atoms with Crippen molar-refractivity contribution in [3.8, 4) is 0 Å². The maximum absolute atomic E-state index is 5.28. The minimum absolute atomic E-state index is 0.368. The number of nitrogens with zero attached hydrogens (tertiary/aromatic N) is 2. The topological polar surface area (TPSA) is 33.6 Å². The summed E-state index contributed by atoms with van der Waals surface area (Å²) < 4.78 is 2.76. The van der Waals surface area contributed by atoms with E-state index in [0.717, 1.165) is 18.8 Å². The van der Waals surface area contributed by atoms with Crippen LogP contribution in [0.2, 0.25) is 0 Å². The number of benzene rings is 1. The van der Waals surface area contributed by atoms with Gasteiger partial charge in [-0.25, -0.2) is 0 Å². The van der Waals surface area contributed by atoms with Gasteiger partial charge in [0.05, 0.1) is 6.54 Å². The van der Waals surface area contributed by atoms with Crippen molar-refractivity contribution < 1.29 is 0 Å². The molecule has 2 aromatic rings. The largest absolute Gasteiger partial charge is 0.299 e. The Hall–Kier alpha value is -1.42. The third-order valence-electron chi connectivity index (χ3n) is 3.08. The second-order valence-electron chi connectivity index (χ2n) is 4.80. The van der Waals surface area contributed by atoms with E-state index < -0.39 is 0 Å². The summed E-state index contributed by atoms with van der Waals surface area (Å²) >= 11 is 5.28. The number of aromatic nitrogens is 3. The molecule has 1 heterocycles. The second-order valence-corrected chi connectivity index (χ2v) is 5.18. The lowest BCUT2D eigenvalue weighted by Gasteiger charge is -2.09. The number of hydrogen-bond acceptors (Lipinski definition) is 2. The Bertz CT molecular complexity index is 563. The Morgan fingerprint density at radius 3 is 2.39 bits per heavy atom. The zero-order valence-electron chi connectivity index (χ0n) is 11.1. The number of nitrogens with one attached hydrogen (secondary N) is 1. The van der Waals surface area contributed by atoms with Crippen molar-refractivity contribution in [1.29, 1.82) is 0 Å². The lowest BCUT2D eigenvalue weighted by Crippen LogP contribution is -2.06. The van der Waals surface area contributed by atoms with Gasteiger partial charge in [-0.2, -0.15) is 5.10 Å². The van der Waals surface area contributed by atoms with Crippen molar-refractivity contribution in [3.05, 3.63) is 46.0 Å². The van der Waals surface area contributed by atoms with E-state index in [1.54, 1.807) is 0 Å². The Morgan fingerprint density at radius 1 is 1.22 bits per heavy atom. The van der Waals surface area contributed by atoms with Crippen LogP contribution in [0.15, 0.2) is 24.3 Å². The molecule has 4 heteroatoms. The molecule has 3 nitrogen and oxygen atoms in total. The minimum atomic E-state index is 0.368. The van der Waals surface area contributed by atoms with Crippen molar-refractivity contribution in [3.63, 3.8) is 0 Å². The fourth-order valence-electron chi connectivity index (χ4n) is 1.99. The quantitative estimate of drug-likeness (QED) is 0.852. The third kappa shape index (κ3) is 2.70. The predicted octanol–water partition coefficient (Wildman–Crippen LogP) is 3.67. The van der Waals surface area contributed by atoms with Gasteiger partial charge in [0.2, 0.25) is 0 Å². The average Bonchev–Trinajstić information content (AvgIpc) is 2.72. The van der Waals surface area contributed by atoms with E-state index in [4.69, 9.17) is 12.2 Å². The standard InChI is InChI=1S/C14H19N3S/c1-4-11-5-7-12(8-6-11)9-17-13(10(2)3)15-16-14(17)18/h5-8,10H,4,9H2,1-3H3,(H,16,18). The minimum Gasteiger partial charge on any atom is -0.299 e. The van der Waals surface area contributed by atoms with Gasteiger partial charge in [-0.05, 0) is 29.8 Å². The molecule has 2 rings (SSSR count). The number of H-pyrrole nitrogens is 1. The monoisotopic (exact) mass is 261 g/mol. The fourth-order valence-corrected chi connectivity index (χ4v) is 2.19. The van der Waals surface area contributed by atoms with Crippen molar-refractivity contribution in [2.75, 3.05) is 0 Å². The molecule has 0 fully saturated rings. The molecule has 0 radical (unpaired) electrons. The van der Waals surface area contributed by atoms with Crippen molar-refractivity contribution in [2.45, 2.75) is 39.7 Å². The van der Waals surface area contributed by atoms with E-state index in [0.29, 0.717) is 10.7 Å². The zero-order valence-corrected chi connectivity index (χ0v) is 11.9. The molecule has 0 atom stereocenters. The average molecular weight is 261 g/mol. The van der Waals surface area contributed by atoms with Crippen LogP contribution in [0.3, 0.4) is 0 Å². The molecular weight excluding hydrogens is 242 g/mol. The van der Waals surface area contributed by atoms with Crippen LogP contribution in [-0.4, -0.2) is 14.8 Å². The van der Waals surface area contributed by atoms with E-state index in [9.17, 15) is 0 Å². The molecule has 0 aliphatic rings. The summed E-state index contributed by atoms with van der Waals surface area (Å²) in [5.41, 5.74) is 2.62. The predicted molar refractivity (Wildman–Crippen MR) is 76.4 cm³/mol. The van der Waals surface area contributed by atoms with E-state index in [1.165, 1.54) is 11.1 Å². The summed E-state index contributed by atoms with van der Waals surface area (Å²) in [5.74, 6) is 1.38. The van der Waals surface area contributed by atoms with Crippen LogP contribution in [0.4, 0.5) is 0 Å². The molecule has 0 saturated carbocycles. The van der Waals surface area contributed by atoms with Crippen LogP contribution >= 0.6 is 12.2 Å². The van der Waals surface area contributed by atoms with Crippen molar-refractivity contribution >= 4 is 12.2 Å². The molecule has 0 spiro atoms. The van der Waals surface area contributed by atoms with Gasteiger partial charge >= 0.3 is 0 Å². The molecule has 1 aromatic carbocycles. The molecular formula is C14H19N3S. The first kappa shape index (κ1) is 13.0. The number of aromatic amines is 1. The Kier molecular flexibility index (Phi) is 3.97. The summed E-state index contributed by atoms with van der Waals surface area (Å²) in [5, 5.41) is 7.17. The molecule has 1 N–H and O–H groups in total. The van der Waals surface area contributed by atoms with E-state index in [1.807, 2.05) is 0 Å². The smallest absolute Gasteiger partial charge is 0.195 e. The molecule has 0 bridgehead atoms. The number of hydrogen-bond donors (Lipinski definition) is 1. The van der Waals surface area contributed by atoms with E-state index in [-0.39, 0.29) is 0 Å².